The third kappa shape index (κ3) is 1.84. The Hall–Kier alpha value is -2.05. The number of amides is 1. The minimum atomic E-state index is -0.376. The van der Waals surface area contributed by atoms with Crippen molar-refractivity contribution in [2.24, 2.45) is 7.05 Å². The summed E-state index contributed by atoms with van der Waals surface area (Å²) < 4.78 is 2.70. The number of halogens is 1. The molecule has 112 valence electrons. The Morgan fingerprint density at radius 3 is 2.82 bits per heavy atom. The first kappa shape index (κ1) is 13.6. The highest BCUT2D eigenvalue weighted by molar-refractivity contribution is 7.21. The number of hydrogen-bond donors (Lipinski definition) is 2. The maximum absolute atomic E-state index is 12.5. The molecule has 0 saturated carbocycles. The summed E-state index contributed by atoms with van der Waals surface area (Å²) in [6, 6.07) is 7.98. The molecule has 7 heteroatoms. The minimum Gasteiger partial charge on any atom is -0.360 e. The molecule has 3 heterocycles. The first-order valence-corrected chi connectivity index (χ1v) is 8.03. The van der Waals surface area contributed by atoms with Crippen LogP contribution in [0.4, 0.5) is 5.69 Å². The standard InChI is InChI=1S/C15H13ClN4OS/c1-7-10(13(16)20(2)19-7)14-17-11-8-5-3-4-6-9(8)22-12(11)15(21)18-14/h3-6,14,17H,1-2H3,(H,18,21)/t14-/m1/s1. The summed E-state index contributed by atoms with van der Waals surface area (Å²) in [5, 5.41) is 12.3. The molecule has 4 rings (SSSR count). The molecular formula is C15H13ClN4OS. The number of aromatic nitrogens is 2. The van der Waals surface area contributed by atoms with E-state index >= 15 is 0 Å². The smallest absolute Gasteiger partial charge is 0.265 e. The van der Waals surface area contributed by atoms with Crippen molar-refractivity contribution < 1.29 is 4.79 Å². The highest BCUT2D eigenvalue weighted by atomic mass is 35.5. The van der Waals surface area contributed by atoms with Gasteiger partial charge in [-0.25, -0.2) is 0 Å². The van der Waals surface area contributed by atoms with Crippen molar-refractivity contribution in [1.82, 2.24) is 15.1 Å². The van der Waals surface area contributed by atoms with Gasteiger partial charge in [0.25, 0.3) is 5.91 Å². The molecule has 2 aromatic heterocycles. The molecule has 0 bridgehead atoms. The van der Waals surface area contributed by atoms with Gasteiger partial charge in [-0.05, 0) is 13.0 Å². The van der Waals surface area contributed by atoms with Crippen molar-refractivity contribution in [2.45, 2.75) is 13.1 Å². The molecule has 1 amide bonds. The molecular weight excluding hydrogens is 320 g/mol. The molecule has 0 radical (unpaired) electrons. The molecule has 1 aliphatic heterocycles. The van der Waals surface area contributed by atoms with Crippen LogP contribution >= 0.6 is 22.9 Å². The molecule has 1 aromatic carbocycles. The van der Waals surface area contributed by atoms with Crippen LogP contribution in [-0.4, -0.2) is 15.7 Å². The Kier molecular flexibility index (Phi) is 2.92. The number of nitrogens with zero attached hydrogens (tertiary/aromatic N) is 2. The summed E-state index contributed by atoms with van der Waals surface area (Å²) in [7, 11) is 1.79. The quantitative estimate of drug-likeness (QED) is 0.717. The Labute approximate surface area is 135 Å². The van der Waals surface area contributed by atoms with Crippen LogP contribution in [0, 0.1) is 6.92 Å². The molecule has 2 N–H and O–H groups in total. The number of carbonyl (C=O) groups is 1. The Balaban J connectivity index is 1.86. The van der Waals surface area contributed by atoms with Crippen molar-refractivity contribution in [3.63, 3.8) is 0 Å². The number of hydrogen-bond acceptors (Lipinski definition) is 4. The summed E-state index contributed by atoms with van der Waals surface area (Å²) >= 11 is 7.82. The Morgan fingerprint density at radius 2 is 2.09 bits per heavy atom. The summed E-state index contributed by atoms with van der Waals surface area (Å²) in [5.41, 5.74) is 2.47. The second kappa shape index (κ2) is 4.72. The van der Waals surface area contributed by atoms with E-state index in [1.807, 2.05) is 31.2 Å². The van der Waals surface area contributed by atoms with E-state index in [9.17, 15) is 4.79 Å². The first-order chi connectivity index (χ1) is 10.6. The van der Waals surface area contributed by atoms with E-state index < -0.39 is 0 Å². The Bertz CT molecular complexity index is 914. The van der Waals surface area contributed by atoms with E-state index in [1.54, 1.807) is 11.7 Å². The van der Waals surface area contributed by atoms with Crippen LogP contribution < -0.4 is 10.6 Å². The molecule has 22 heavy (non-hydrogen) atoms. The predicted molar refractivity (Wildman–Crippen MR) is 88.6 cm³/mol. The van der Waals surface area contributed by atoms with Crippen molar-refractivity contribution in [3.8, 4) is 0 Å². The van der Waals surface area contributed by atoms with Crippen LogP contribution in [0.2, 0.25) is 5.15 Å². The van der Waals surface area contributed by atoms with E-state index in [4.69, 9.17) is 11.6 Å². The van der Waals surface area contributed by atoms with Crippen LogP contribution in [0.25, 0.3) is 10.1 Å². The van der Waals surface area contributed by atoms with Crippen molar-refractivity contribution in [3.05, 3.63) is 45.6 Å². The molecule has 0 aliphatic carbocycles. The van der Waals surface area contributed by atoms with Gasteiger partial charge >= 0.3 is 0 Å². The normalized spacial score (nSPS) is 17.2. The fourth-order valence-corrected chi connectivity index (χ4v) is 4.20. The van der Waals surface area contributed by atoms with Gasteiger partial charge in [-0.2, -0.15) is 5.10 Å². The largest absolute Gasteiger partial charge is 0.360 e. The lowest BCUT2D eigenvalue weighted by molar-refractivity contribution is 0.0940. The van der Waals surface area contributed by atoms with Gasteiger partial charge in [0.05, 0.1) is 16.9 Å². The summed E-state index contributed by atoms with van der Waals surface area (Å²) in [6.07, 6.45) is -0.376. The number of rotatable bonds is 1. The van der Waals surface area contributed by atoms with E-state index in [-0.39, 0.29) is 12.1 Å². The van der Waals surface area contributed by atoms with Gasteiger partial charge in [0.15, 0.2) is 0 Å². The number of nitrogens with one attached hydrogen (secondary N) is 2. The van der Waals surface area contributed by atoms with Crippen LogP contribution in [0.5, 0.6) is 0 Å². The van der Waals surface area contributed by atoms with E-state index in [0.29, 0.717) is 10.0 Å². The number of carbonyl (C=O) groups excluding carboxylic acids is 1. The first-order valence-electron chi connectivity index (χ1n) is 6.84. The number of thiophene rings is 1. The topological polar surface area (TPSA) is 59.0 Å². The zero-order valence-corrected chi connectivity index (χ0v) is 13.5. The average Bonchev–Trinajstić information content (AvgIpc) is 2.98. The van der Waals surface area contributed by atoms with Crippen LogP contribution in [0.3, 0.4) is 0 Å². The third-order valence-corrected chi connectivity index (χ3v) is 5.47. The number of benzene rings is 1. The second-order valence-electron chi connectivity index (χ2n) is 5.27. The highest BCUT2D eigenvalue weighted by Gasteiger charge is 2.31. The molecule has 0 unspecified atom stereocenters. The third-order valence-electron chi connectivity index (χ3n) is 3.85. The maximum Gasteiger partial charge on any atom is 0.265 e. The predicted octanol–water partition coefficient (Wildman–Crippen LogP) is 3.45. The van der Waals surface area contributed by atoms with Crippen molar-refractivity contribution in [2.75, 3.05) is 5.32 Å². The van der Waals surface area contributed by atoms with Crippen LogP contribution in [-0.2, 0) is 7.05 Å². The number of anilines is 1. The van der Waals surface area contributed by atoms with Crippen LogP contribution in [0.15, 0.2) is 24.3 Å². The van der Waals surface area contributed by atoms with E-state index in [0.717, 1.165) is 27.0 Å². The monoisotopic (exact) mass is 332 g/mol. The number of aryl methyl sites for hydroxylation is 2. The fraction of sp³-hybridized carbons (Fsp3) is 0.200. The van der Waals surface area contributed by atoms with Gasteiger partial charge in [0.2, 0.25) is 0 Å². The SMILES string of the molecule is Cc1nn(C)c(Cl)c1[C@H]1NC(=O)c2sc3ccccc3c2N1. The lowest BCUT2D eigenvalue weighted by Crippen LogP contribution is -2.38. The zero-order chi connectivity index (χ0) is 15.4. The zero-order valence-electron chi connectivity index (χ0n) is 12.0. The summed E-state index contributed by atoms with van der Waals surface area (Å²) in [6.45, 7) is 1.89. The van der Waals surface area contributed by atoms with Gasteiger partial charge < -0.3 is 10.6 Å². The molecule has 5 nitrogen and oxygen atoms in total. The van der Waals surface area contributed by atoms with Gasteiger partial charge in [-0.1, -0.05) is 29.8 Å². The van der Waals surface area contributed by atoms with Crippen molar-refractivity contribution >= 4 is 44.6 Å². The Morgan fingerprint density at radius 1 is 1.32 bits per heavy atom. The van der Waals surface area contributed by atoms with E-state index in [2.05, 4.69) is 15.7 Å². The summed E-state index contributed by atoms with van der Waals surface area (Å²) in [4.78, 5) is 13.2. The fourth-order valence-electron chi connectivity index (χ4n) is 2.84. The van der Waals surface area contributed by atoms with Crippen LogP contribution in [0.1, 0.15) is 27.1 Å². The highest BCUT2D eigenvalue weighted by Crippen LogP contribution is 2.40. The lowest BCUT2D eigenvalue weighted by Gasteiger charge is -2.26. The van der Waals surface area contributed by atoms with Gasteiger partial charge in [-0.3, -0.25) is 9.48 Å². The minimum absolute atomic E-state index is 0.0840. The molecule has 3 aromatic rings. The van der Waals surface area contributed by atoms with Gasteiger partial charge in [-0.15, -0.1) is 11.3 Å². The summed E-state index contributed by atoms with van der Waals surface area (Å²) in [5.74, 6) is -0.0840. The lowest BCUT2D eigenvalue weighted by atomic mass is 10.1. The van der Waals surface area contributed by atoms with E-state index in [1.165, 1.54) is 11.3 Å². The maximum atomic E-state index is 12.5. The number of fused-ring (bicyclic) bond motifs is 3. The van der Waals surface area contributed by atoms with Gasteiger partial charge in [0, 0.05) is 17.1 Å². The van der Waals surface area contributed by atoms with Gasteiger partial charge in [0.1, 0.15) is 16.2 Å². The van der Waals surface area contributed by atoms with Crippen molar-refractivity contribution in [1.29, 1.82) is 0 Å². The molecule has 1 atom stereocenters. The average molecular weight is 333 g/mol. The molecule has 1 aliphatic rings. The molecule has 0 saturated heterocycles. The molecule has 0 spiro atoms. The molecule has 0 fully saturated rings. The second-order valence-corrected chi connectivity index (χ2v) is 6.68.